The molecule has 0 aliphatic carbocycles. The molecule has 40 valence electrons. The first-order valence-electron chi connectivity index (χ1n) is 0. The Morgan fingerprint density at radius 2 is 0.500 bits per heavy atom. The third kappa shape index (κ3) is 45.4. The summed E-state index contributed by atoms with van der Waals surface area (Å²) in [5, 5.41) is 0. The van der Waals surface area contributed by atoms with Crippen molar-refractivity contribution >= 4 is 25.8 Å². The van der Waals surface area contributed by atoms with Crippen LogP contribution in [0.3, 0.4) is 0 Å². The maximum atomic E-state index is 0. The molecule has 0 amide bonds. The van der Waals surface area contributed by atoms with Gasteiger partial charge in [-0.2, -0.15) is 0 Å². The van der Waals surface area contributed by atoms with Gasteiger partial charge < -0.3 is 21.9 Å². The summed E-state index contributed by atoms with van der Waals surface area (Å²) in [5.41, 5.74) is 0. The van der Waals surface area contributed by atoms with Crippen LogP contribution < -0.4 is 0 Å². The first-order valence-corrected chi connectivity index (χ1v) is 0. The van der Waals surface area contributed by atoms with E-state index in [1.807, 2.05) is 0 Å². The van der Waals surface area contributed by atoms with Crippen LogP contribution in [0, 0.1) is 0 Å². The van der Waals surface area contributed by atoms with Crippen LogP contribution in [0.25, 0.3) is 0 Å². The van der Waals surface area contributed by atoms with Crippen LogP contribution in [-0.2, 0) is 27.3 Å². The van der Waals surface area contributed by atoms with E-state index in [2.05, 4.69) is 0 Å². The molecule has 0 saturated carbocycles. The van der Waals surface area contributed by atoms with Gasteiger partial charge in [-0.25, -0.2) is 0 Å². The molecule has 0 heterocycles. The van der Waals surface area contributed by atoms with Gasteiger partial charge in [-0.15, -0.1) is 0 Å². The first-order chi connectivity index (χ1) is 0. The van der Waals surface area contributed by atoms with Crippen molar-refractivity contribution in [3.8, 4) is 0 Å². The summed E-state index contributed by atoms with van der Waals surface area (Å²) in [6, 6.07) is 0. The van der Waals surface area contributed by atoms with E-state index >= 15 is 0 Å². The second-order valence-electron chi connectivity index (χ2n) is 0. The first kappa shape index (κ1) is 126. The van der Waals surface area contributed by atoms with Gasteiger partial charge in [-0.05, 0) is 0 Å². The average Bonchev–Trinajstić information content (AvgIpc) is 0. The summed E-state index contributed by atoms with van der Waals surface area (Å²) < 4.78 is 0. The van der Waals surface area contributed by atoms with E-state index < -0.39 is 0 Å². The van der Waals surface area contributed by atoms with Gasteiger partial charge in [-0.1, -0.05) is 0 Å². The van der Waals surface area contributed by atoms with Gasteiger partial charge in [0.1, 0.15) is 0 Å². The fraction of sp³-hybridized carbons (Fsp3) is 0. The minimum absolute atomic E-state index is 0. The molecule has 6 heteroatoms. The van der Waals surface area contributed by atoms with Crippen LogP contribution in [0.2, 0.25) is 0 Å². The summed E-state index contributed by atoms with van der Waals surface area (Å²) in [6.07, 6.45) is 0. The van der Waals surface area contributed by atoms with Gasteiger partial charge in [0, 0.05) is 27.3 Å². The molecule has 4 nitrogen and oxygen atoms in total. The molecule has 0 bridgehead atoms. The molecule has 8 N–H and O–H groups in total. The third-order valence-corrected chi connectivity index (χ3v) is 0. The van der Waals surface area contributed by atoms with Crippen LogP contribution >= 0.6 is 0 Å². The summed E-state index contributed by atoms with van der Waals surface area (Å²) in [4.78, 5) is 0. The van der Waals surface area contributed by atoms with Crippen molar-refractivity contribution < 1.29 is 49.2 Å². The SMILES string of the molecule is O.O.O.O.[Cd].[InH3]. The van der Waals surface area contributed by atoms with Gasteiger partial charge in [0.25, 0.3) is 0 Å². The molecule has 0 aromatic heterocycles. The fourth-order valence-corrected chi connectivity index (χ4v) is 0. The standard InChI is InChI=1S/Cd.In.4H2O.3H/h;;4*1H2;;;. The van der Waals surface area contributed by atoms with Crippen molar-refractivity contribution in [1.29, 1.82) is 0 Å². The van der Waals surface area contributed by atoms with Gasteiger partial charge in [0.15, 0.2) is 0 Å². The fourth-order valence-electron chi connectivity index (χ4n) is 0. The van der Waals surface area contributed by atoms with Crippen molar-refractivity contribution in [3.63, 3.8) is 0 Å². The van der Waals surface area contributed by atoms with Crippen LogP contribution in [0.15, 0.2) is 0 Å². The van der Waals surface area contributed by atoms with E-state index in [1.165, 1.54) is 0 Å². The van der Waals surface area contributed by atoms with Crippen LogP contribution in [0.1, 0.15) is 0 Å². The zero-order chi connectivity index (χ0) is 0. The number of hydrogen-bond acceptors (Lipinski definition) is 0. The third-order valence-electron chi connectivity index (χ3n) is 0. The van der Waals surface area contributed by atoms with E-state index in [1.54, 1.807) is 0 Å². The van der Waals surface area contributed by atoms with Crippen molar-refractivity contribution in [3.05, 3.63) is 0 Å². The van der Waals surface area contributed by atoms with Crippen LogP contribution in [0.4, 0.5) is 0 Å². The normalized spacial score (nSPS) is 0. The molecular formula is H11CdInO4. The minimum atomic E-state index is 0. The quantitative estimate of drug-likeness (QED) is 0.400. The molecule has 0 saturated heterocycles. The maximum absolute atomic E-state index is 0. The Kier molecular flexibility index (Phi) is 1660. The summed E-state index contributed by atoms with van der Waals surface area (Å²) in [6.45, 7) is 0. The average molecular weight is 302 g/mol. The molecule has 0 unspecified atom stereocenters. The molecule has 0 aliphatic rings. The van der Waals surface area contributed by atoms with E-state index in [-0.39, 0.29) is 75.0 Å². The van der Waals surface area contributed by atoms with Crippen LogP contribution in [-0.4, -0.2) is 47.7 Å². The van der Waals surface area contributed by atoms with Gasteiger partial charge >= 0.3 is 25.8 Å². The van der Waals surface area contributed by atoms with E-state index in [0.29, 0.717) is 0 Å². The molecule has 0 rings (SSSR count). The Balaban J connectivity index is 0. The Morgan fingerprint density at radius 1 is 0.500 bits per heavy atom. The molecule has 0 aromatic carbocycles. The van der Waals surface area contributed by atoms with Crippen molar-refractivity contribution in [1.82, 2.24) is 0 Å². The second-order valence-corrected chi connectivity index (χ2v) is 0. The Labute approximate surface area is 74.5 Å². The molecule has 0 aromatic rings. The zero-order valence-corrected chi connectivity index (χ0v) is 6.74. The molecule has 6 heavy (non-hydrogen) atoms. The van der Waals surface area contributed by atoms with Crippen LogP contribution in [0.5, 0.6) is 0 Å². The summed E-state index contributed by atoms with van der Waals surface area (Å²) in [5.74, 6) is 0. The number of hydrogen-bond donors (Lipinski definition) is 0. The number of rotatable bonds is 0. The molecule has 0 aliphatic heterocycles. The zero-order valence-electron chi connectivity index (χ0n) is 2.71. The second kappa shape index (κ2) is 79.0. The topological polar surface area (TPSA) is 126 Å². The van der Waals surface area contributed by atoms with E-state index in [0.717, 1.165) is 0 Å². The van der Waals surface area contributed by atoms with Gasteiger partial charge in [0.2, 0.25) is 0 Å². The van der Waals surface area contributed by atoms with Crippen molar-refractivity contribution in [2.75, 3.05) is 0 Å². The molecule has 0 spiro atoms. The predicted octanol–water partition coefficient (Wildman–Crippen LogP) is -4.49. The Hall–Kier alpha value is 1.63. The van der Waals surface area contributed by atoms with Gasteiger partial charge in [0.05, 0.1) is 0 Å². The molecule has 0 atom stereocenters. The predicted molar refractivity (Wildman–Crippen MR) is 24.4 cm³/mol. The van der Waals surface area contributed by atoms with Crippen molar-refractivity contribution in [2.24, 2.45) is 0 Å². The molecule has 0 radical (unpaired) electrons. The summed E-state index contributed by atoms with van der Waals surface area (Å²) in [7, 11) is 0. The Bertz CT molecular complexity index is 7.51. The van der Waals surface area contributed by atoms with Gasteiger partial charge in [-0.3, -0.25) is 0 Å². The Morgan fingerprint density at radius 3 is 0.500 bits per heavy atom. The monoisotopic (exact) mass is 304 g/mol. The summed E-state index contributed by atoms with van der Waals surface area (Å²) >= 11 is 0. The van der Waals surface area contributed by atoms with E-state index in [9.17, 15) is 0 Å². The van der Waals surface area contributed by atoms with Crippen molar-refractivity contribution in [2.45, 2.75) is 0 Å². The molecular weight excluding hydrogens is 291 g/mol. The molecule has 0 fully saturated rings. The van der Waals surface area contributed by atoms with E-state index in [4.69, 9.17) is 0 Å².